The van der Waals surface area contributed by atoms with E-state index < -0.39 is 0 Å². The first-order chi connectivity index (χ1) is 5.18. The molecule has 0 aliphatic heterocycles. The molecule has 0 aromatic carbocycles. The number of methoxy groups -OCH3 is 1. The van der Waals surface area contributed by atoms with E-state index in [1.54, 1.807) is 7.11 Å². The van der Waals surface area contributed by atoms with Crippen LogP contribution in [0.25, 0.3) is 0 Å². The van der Waals surface area contributed by atoms with E-state index in [-0.39, 0.29) is 53.8 Å². The molecule has 0 N–H and O–H groups in total. The zero-order valence-corrected chi connectivity index (χ0v) is 15.3. The molecule has 0 bridgehead atoms. The van der Waals surface area contributed by atoms with Gasteiger partial charge in [-0.15, -0.1) is 0 Å². The van der Waals surface area contributed by atoms with Crippen molar-refractivity contribution in [1.29, 1.82) is 0 Å². The first-order valence-electron chi connectivity index (χ1n) is 4.23. The minimum atomic E-state index is 0. The fraction of sp³-hybridized carbons (Fsp3) is 0.800. The Labute approximate surface area is 124 Å². The van der Waals surface area contributed by atoms with Gasteiger partial charge in [-0.1, -0.05) is 26.4 Å². The van der Waals surface area contributed by atoms with E-state index in [0.29, 0.717) is 0 Å². The van der Waals surface area contributed by atoms with Crippen LogP contribution >= 0.6 is 0 Å². The number of hydrogen-bond donors (Lipinski definition) is 0. The third-order valence-electron chi connectivity index (χ3n) is 0.923. The van der Waals surface area contributed by atoms with Crippen LogP contribution < -0.4 is 0 Å². The molecule has 0 aromatic rings. The van der Waals surface area contributed by atoms with Gasteiger partial charge in [0.05, 0.1) is 0 Å². The molecular formula is C10H22OWY-2. The van der Waals surface area contributed by atoms with Crippen molar-refractivity contribution in [3.05, 3.63) is 12.8 Å². The standard InChI is InChI=1S/C7H15O.C3H7.W.Y/c1-7(2)5-4-6-8-3;1-3-2;;/h4,7H,5-6H2,1-3H3;3H,1-2H3;;/q2*-1;;. The van der Waals surface area contributed by atoms with Crippen LogP contribution in [-0.2, 0) is 58.5 Å². The number of ether oxygens (including phenoxy) is 1. The van der Waals surface area contributed by atoms with Crippen molar-refractivity contribution >= 4 is 0 Å². The molecule has 1 radical (unpaired) electrons. The molecule has 0 spiro atoms. The summed E-state index contributed by atoms with van der Waals surface area (Å²) in [6, 6.07) is 0. The smallest absolute Gasteiger partial charge is 0.0319 e. The maximum absolute atomic E-state index is 4.84. The van der Waals surface area contributed by atoms with Gasteiger partial charge in [0, 0.05) is 60.9 Å². The first-order valence-corrected chi connectivity index (χ1v) is 4.23. The van der Waals surface area contributed by atoms with E-state index >= 15 is 0 Å². The van der Waals surface area contributed by atoms with Crippen LogP contribution in [0.4, 0.5) is 0 Å². The zero-order chi connectivity index (χ0) is 9.11. The third-order valence-corrected chi connectivity index (χ3v) is 0.923. The summed E-state index contributed by atoms with van der Waals surface area (Å²) in [7, 11) is 1.72. The van der Waals surface area contributed by atoms with Crippen LogP contribution in [0.1, 0.15) is 34.1 Å². The van der Waals surface area contributed by atoms with E-state index in [1.165, 1.54) is 0 Å². The molecule has 0 aromatic heterocycles. The maximum Gasteiger partial charge on any atom is 0.0319 e. The third kappa shape index (κ3) is 41.7. The molecule has 0 unspecified atom stereocenters. The largest absolute Gasteiger partial charge is 0.416 e. The van der Waals surface area contributed by atoms with Crippen LogP contribution in [-0.4, -0.2) is 13.7 Å². The van der Waals surface area contributed by atoms with Crippen molar-refractivity contribution in [2.75, 3.05) is 13.7 Å². The molecule has 13 heavy (non-hydrogen) atoms. The van der Waals surface area contributed by atoms with Gasteiger partial charge in [-0.2, -0.15) is 20.3 Å². The maximum atomic E-state index is 4.84. The van der Waals surface area contributed by atoms with Crippen molar-refractivity contribution in [3.63, 3.8) is 0 Å². The first kappa shape index (κ1) is 24.1. The quantitative estimate of drug-likeness (QED) is 0.492. The van der Waals surface area contributed by atoms with Crippen LogP contribution in [0.5, 0.6) is 0 Å². The molecular weight excluding hydrogens is 409 g/mol. The van der Waals surface area contributed by atoms with Gasteiger partial charge in [-0.3, -0.25) is 0 Å². The Hall–Kier alpha value is 1.75. The Morgan fingerprint density at radius 3 is 1.85 bits per heavy atom. The predicted octanol–water partition coefficient (Wildman–Crippen LogP) is 3.11. The molecule has 0 amide bonds. The average Bonchev–Trinajstić information content (AvgIpc) is 1.89. The predicted molar refractivity (Wildman–Crippen MR) is 51.3 cm³/mol. The Morgan fingerprint density at radius 1 is 1.23 bits per heavy atom. The Morgan fingerprint density at radius 2 is 1.62 bits per heavy atom. The van der Waals surface area contributed by atoms with Crippen LogP contribution in [0.3, 0.4) is 0 Å². The van der Waals surface area contributed by atoms with E-state index in [4.69, 9.17) is 4.74 Å². The Kier molecular flexibility index (Phi) is 43.7. The summed E-state index contributed by atoms with van der Waals surface area (Å²) in [6.07, 6.45) is 5.32. The van der Waals surface area contributed by atoms with E-state index in [2.05, 4.69) is 20.3 Å². The molecule has 0 rings (SSSR count). The second-order valence-corrected chi connectivity index (χ2v) is 2.95. The molecule has 0 saturated carbocycles. The molecule has 1 nitrogen and oxygen atoms in total. The van der Waals surface area contributed by atoms with Crippen molar-refractivity contribution in [2.45, 2.75) is 34.1 Å². The second-order valence-electron chi connectivity index (χ2n) is 2.95. The van der Waals surface area contributed by atoms with Gasteiger partial charge >= 0.3 is 0 Å². The summed E-state index contributed by atoms with van der Waals surface area (Å²) in [5.74, 6) is 0.769. The Bertz CT molecular complexity index is 60.9. The van der Waals surface area contributed by atoms with Gasteiger partial charge in [-0.05, 0) is 0 Å². The number of rotatable bonds is 4. The molecule has 0 fully saturated rings. The normalized spacial score (nSPS) is 7.85. The molecule has 0 atom stereocenters. The van der Waals surface area contributed by atoms with Crippen LogP contribution in [0.15, 0.2) is 0 Å². The monoisotopic (exact) mass is 431 g/mol. The zero-order valence-electron chi connectivity index (χ0n) is 9.54. The molecule has 0 aliphatic carbocycles. The summed E-state index contributed by atoms with van der Waals surface area (Å²) >= 11 is 0. The van der Waals surface area contributed by atoms with Gasteiger partial charge in [0.15, 0.2) is 0 Å². The Balaban J connectivity index is -0.0000000720. The summed E-state index contributed by atoms with van der Waals surface area (Å²) in [5.41, 5.74) is 0. The van der Waals surface area contributed by atoms with Gasteiger partial charge in [0.1, 0.15) is 0 Å². The van der Waals surface area contributed by atoms with E-state index in [0.717, 1.165) is 18.9 Å². The topological polar surface area (TPSA) is 9.23 Å². The summed E-state index contributed by atoms with van der Waals surface area (Å²) in [5, 5.41) is 0. The fourth-order valence-electron chi connectivity index (χ4n) is 0.519. The van der Waals surface area contributed by atoms with Gasteiger partial charge in [-0.25, -0.2) is 0 Å². The second kappa shape index (κ2) is 23.5. The number of hydrogen-bond acceptors (Lipinski definition) is 1. The van der Waals surface area contributed by atoms with Crippen molar-refractivity contribution in [2.24, 2.45) is 5.92 Å². The van der Waals surface area contributed by atoms with Crippen LogP contribution in [0, 0.1) is 18.8 Å². The van der Waals surface area contributed by atoms with Gasteiger partial charge in [0.2, 0.25) is 0 Å². The van der Waals surface area contributed by atoms with Crippen molar-refractivity contribution in [3.8, 4) is 0 Å². The molecule has 0 heterocycles. The summed E-state index contributed by atoms with van der Waals surface area (Å²) in [4.78, 5) is 0. The molecule has 0 aliphatic rings. The molecule has 0 saturated heterocycles. The SMILES string of the molecule is COC[CH-]CC(C)C.C[CH-]C.[W].[Y]. The van der Waals surface area contributed by atoms with E-state index in [1.807, 2.05) is 20.3 Å². The summed E-state index contributed by atoms with van der Waals surface area (Å²) in [6.45, 7) is 9.19. The van der Waals surface area contributed by atoms with Gasteiger partial charge in [0.25, 0.3) is 0 Å². The average molecular weight is 431 g/mol. The molecule has 3 heteroatoms. The fourth-order valence-corrected chi connectivity index (χ4v) is 0.519. The van der Waals surface area contributed by atoms with Crippen molar-refractivity contribution in [1.82, 2.24) is 0 Å². The minimum Gasteiger partial charge on any atom is -0.416 e. The minimum absolute atomic E-state index is 0. The molecule has 79 valence electrons. The summed E-state index contributed by atoms with van der Waals surface area (Å²) < 4.78 is 4.84. The van der Waals surface area contributed by atoms with Crippen LogP contribution in [0.2, 0.25) is 0 Å². The van der Waals surface area contributed by atoms with E-state index in [9.17, 15) is 0 Å². The van der Waals surface area contributed by atoms with Crippen molar-refractivity contribution < 1.29 is 58.5 Å². The van der Waals surface area contributed by atoms with Gasteiger partial charge < -0.3 is 17.6 Å².